The third-order valence-electron chi connectivity index (χ3n) is 1.67. The molecule has 0 aliphatic rings. The predicted octanol–water partition coefficient (Wildman–Crippen LogP) is -0.504. The zero-order chi connectivity index (χ0) is 10.8. The van der Waals surface area contributed by atoms with Gasteiger partial charge in [-0.05, 0) is 13.0 Å². The van der Waals surface area contributed by atoms with E-state index in [0.717, 1.165) is 0 Å². The number of amides is 1. The predicted molar refractivity (Wildman–Crippen MR) is 58.8 cm³/mol. The maximum atomic E-state index is 11.3. The average Bonchev–Trinajstić information content (AvgIpc) is 2.17. The molecular formula is C8H19N3O2S. The lowest BCUT2D eigenvalue weighted by Crippen LogP contribution is -2.42. The summed E-state index contributed by atoms with van der Waals surface area (Å²) in [5.74, 6) is 0.529. The summed E-state index contributed by atoms with van der Waals surface area (Å²) in [6, 6.07) is 0. The van der Waals surface area contributed by atoms with Gasteiger partial charge in [0, 0.05) is 11.7 Å². The van der Waals surface area contributed by atoms with Gasteiger partial charge in [0.25, 0.3) is 0 Å². The van der Waals surface area contributed by atoms with Gasteiger partial charge in [-0.1, -0.05) is 6.92 Å². The molecule has 0 aromatic carbocycles. The molecule has 0 saturated heterocycles. The number of nitrogens with one attached hydrogen (secondary N) is 2. The van der Waals surface area contributed by atoms with Gasteiger partial charge in [-0.2, -0.15) is 12.6 Å². The Balaban J connectivity index is 3.34. The molecule has 0 rings (SSSR count). The van der Waals surface area contributed by atoms with Gasteiger partial charge in [0.1, 0.15) is 6.73 Å². The molecule has 14 heavy (non-hydrogen) atoms. The van der Waals surface area contributed by atoms with Crippen LogP contribution in [0.15, 0.2) is 0 Å². The average molecular weight is 221 g/mol. The van der Waals surface area contributed by atoms with Crippen molar-refractivity contribution in [1.29, 1.82) is 0 Å². The number of carbonyl (C=O) groups excluding carboxylic acids is 1. The number of hydrogen-bond acceptors (Lipinski definition) is 5. The zero-order valence-electron chi connectivity index (χ0n) is 8.45. The Morgan fingerprint density at radius 2 is 2.36 bits per heavy atom. The van der Waals surface area contributed by atoms with E-state index in [1.807, 2.05) is 6.92 Å². The van der Waals surface area contributed by atoms with Crippen molar-refractivity contribution in [3.63, 3.8) is 0 Å². The van der Waals surface area contributed by atoms with Crippen molar-refractivity contribution < 1.29 is 9.53 Å². The fourth-order valence-electron chi connectivity index (χ4n) is 0.815. The molecule has 1 unspecified atom stereocenters. The minimum Gasteiger partial charge on any atom is -0.364 e. The van der Waals surface area contributed by atoms with E-state index in [2.05, 4.69) is 23.5 Å². The van der Waals surface area contributed by atoms with Gasteiger partial charge in [-0.15, -0.1) is 0 Å². The van der Waals surface area contributed by atoms with Crippen molar-refractivity contribution in [2.24, 2.45) is 11.7 Å². The molecule has 0 spiro atoms. The zero-order valence-corrected chi connectivity index (χ0v) is 9.35. The molecule has 0 heterocycles. The summed E-state index contributed by atoms with van der Waals surface area (Å²) in [4.78, 5) is 11.3. The maximum Gasteiger partial charge on any atom is 0.237 e. The van der Waals surface area contributed by atoms with E-state index >= 15 is 0 Å². The molecule has 6 heteroatoms. The standard InChI is InChI=1S/C8H19N3O2S/c1-7(2-3-9)8(12)11-10-6-13-4-5-14/h7,10,14H,2-6,9H2,1H3,(H,11,12). The van der Waals surface area contributed by atoms with Crippen LogP contribution in [0.5, 0.6) is 0 Å². The second-order valence-corrected chi connectivity index (χ2v) is 3.37. The molecule has 0 aromatic rings. The van der Waals surface area contributed by atoms with E-state index in [4.69, 9.17) is 10.5 Å². The number of thiol groups is 1. The molecule has 84 valence electrons. The first-order chi connectivity index (χ1) is 6.72. The van der Waals surface area contributed by atoms with Gasteiger partial charge in [0.15, 0.2) is 0 Å². The summed E-state index contributed by atoms with van der Waals surface area (Å²) in [6.45, 7) is 3.20. The number of nitrogens with two attached hydrogens (primary N) is 1. The topological polar surface area (TPSA) is 76.4 Å². The summed E-state index contributed by atoms with van der Waals surface area (Å²) in [7, 11) is 0. The Kier molecular flexibility index (Phi) is 9.06. The highest BCUT2D eigenvalue weighted by Crippen LogP contribution is 1.98. The molecule has 0 aromatic heterocycles. The third-order valence-corrected chi connectivity index (χ3v) is 1.85. The Labute approximate surface area is 90.1 Å². The van der Waals surface area contributed by atoms with Crippen molar-refractivity contribution in [2.75, 3.05) is 25.6 Å². The quantitative estimate of drug-likeness (QED) is 0.193. The molecule has 1 atom stereocenters. The summed E-state index contributed by atoms with van der Waals surface area (Å²) < 4.78 is 5.05. The number of hydrogen-bond donors (Lipinski definition) is 4. The smallest absolute Gasteiger partial charge is 0.237 e. The lowest BCUT2D eigenvalue weighted by molar-refractivity contribution is -0.126. The van der Waals surface area contributed by atoms with Crippen LogP contribution in [0.2, 0.25) is 0 Å². The normalized spacial score (nSPS) is 12.5. The SMILES string of the molecule is CC(CCN)C(=O)NNCOCCS. The van der Waals surface area contributed by atoms with E-state index in [9.17, 15) is 4.79 Å². The van der Waals surface area contributed by atoms with Crippen LogP contribution >= 0.6 is 12.6 Å². The molecule has 5 nitrogen and oxygen atoms in total. The van der Waals surface area contributed by atoms with Crippen molar-refractivity contribution in [1.82, 2.24) is 10.9 Å². The number of carbonyl (C=O) groups is 1. The van der Waals surface area contributed by atoms with Crippen LogP contribution in [0.4, 0.5) is 0 Å². The fraction of sp³-hybridized carbons (Fsp3) is 0.875. The van der Waals surface area contributed by atoms with E-state index in [1.54, 1.807) is 0 Å². The van der Waals surface area contributed by atoms with Crippen molar-refractivity contribution in [3.8, 4) is 0 Å². The monoisotopic (exact) mass is 221 g/mol. The number of rotatable bonds is 8. The van der Waals surface area contributed by atoms with E-state index in [1.165, 1.54) is 0 Å². The van der Waals surface area contributed by atoms with Gasteiger partial charge >= 0.3 is 0 Å². The number of hydrazine groups is 1. The first-order valence-electron chi connectivity index (χ1n) is 4.63. The van der Waals surface area contributed by atoms with Crippen LogP contribution in [-0.2, 0) is 9.53 Å². The summed E-state index contributed by atoms with van der Waals surface area (Å²) in [6.07, 6.45) is 0.686. The number of ether oxygens (including phenoxy) is 1. The minimum atomic E-state index is -0.0719. The molecular weight excluding hydrogens is 202 g/mol. The minimum absolute atomic E-state index is 0.0649. The second-order valence-electron chi connectivity index (χ2n) is 2.92. The van der Waals surface area contributed by atoms with Crippen LogP contribution in [0.25, 0.3) is 0 Å². The maximum absolute atomic E-state index is 11.3. The van der Waals surface area contributed by atoms with Crippen LogP contribution < -0.4 is 16.6 Å². The van der Waals surface area contributed by atoms with Gasteiger partial charge in [-0.3, -0.25) is 10.2 Å². The molecule has 0 radical (unpaired) electrons. The lowest BCUT2D eigenvalue weighted by Gasteiger charge is -2.11. The molecule has 0 aliphatic carbocycles. The Morgan fingerprint density at radius 1 is 1.64 bits per heavy atom. The Bertz CT molecular complexity index is 158. The van der Waals surface area contributed by atoms with Gasteiger partial charge < -0.3 is 10.5 Å². The summed E-state index contributed by atoms with van der Waals surface area (Å²) >= 11 is 3.97. The van der Waals surface area contributed by atoms with Crippen molar-refractivity contribution >= 4 is 18.5 Å². The Morgan fingerprint density at radius 3 is 2.93 bits per heavy atom. The molecule has 0 fully saturated rings. The van der Waals surface area contributed by atoms with Crippen molar-refractivity contribution in [2.45, 2.75) is 13.3 Å². The molecule has 0 aliphatic heterocycles. The summed E-state index contributed by atoms with van der Waals surface area (Å²) in [5, 5.41) is 0. The molecule has 0 saturated carbocycles. The van der Waals surface area contributed by atoms with Gasteiger partial charge in [-0.25, -0.2) is 5.43 Å². The fourth-order valence-corrected chi connectivity index (χ4v) is 0.944. The van der Waals surface area contributed by atoms with Crippen molar-refractivity contribution in [3.05, 3.63) is 0 Å². The molecule has 4 N–H and O–H groups in total. The highest BCUT2D eigenvalue weighted by Gasteiger charge is 2.10. The van der Waals surface area contributed by atoms with Crippen LogP contribution in [0, 0.1) is 5.92 Å². The first-order valence-corrected chi connectivity index (χ1v) is 5.27. The second kappa shape index (κ2) is 9.26. The first kappa shape index (κ1) is 13.7. The van der Waals surface area contributed by atoms with Crippen LogP contribution in [0.3, 0.4) is 0 Å². The van der Waals surface area contributed by atoms with E-state index < -0.39 is 0 Å². The van der Waals surface area contributed by atoms with Gasteiger partial charge in [0.05, 0.1) is 6.61 Å². The largest absolute Gasteiger partial charge is 0.364 e. The van der Waals surface area contributed by atoms with Gasteiger partial charge in [0.2, 0.25) is 5.91 Å². The van der Waals surface area contributed by atoms with E-state index in [0.29, 0.717) is 32.1 Å². The third kappa shape index (κ3) is 7.14. The summed E-state index contributed by atoms with van der Waals surface area (Å²) in [5.41, 5.74) is 10.5. The highest BCUT2D eigenvalue weighted by molar-refractivity contribution is 7.80. The van der Waals surface area contributed by atoms with E-state index in [-0.39, 0.29) is 11.8 Å². The highest BCUT2D eigenvalue weighted by atomic mass is 32.1. The molecule has 1 amide bonds. The van der Waals surface area contributed by atoms with Crippen LogP contribution in [0.1, 0.15) is 13.3 Å². The Hall–Kier alpha value is -0.300. The van der Waals surface area contributed by atoms with Crippen LogP contribution in [-0.4, -0.2) is 31.5 Å². The lowest BCUT2D eigenvalue weighted by atomic mass is 10.1. The molecule has 0 bridgehead atoms.